The number of hydrogen-bond donors (Lipinski definition) is 1. The van der Waals surface area contributed by atoms with Gasteiger partial charge in [-0.05, 0) is 86.1 Å². The Kier molecular flexibility index (Phi) is 7.81. The molecule has 1 fully saturated rings. The van der Waals surface area contributed by atoms with Crippen LogP contribution in [0, 0.1) is 11.3 Å². The minimum atomic E-state index is -4.10. The molecule has 1 aliphatic heterocycles. The van der Waals surface area contributed by atoms with Crippen molar-refractivity contribution in [3.8, 4) is 17.6 Å². The first-order valence-corrected chi connectivity index (χ1v) is 13.1. The van der Waals surface area contributed by atoms with Gasteiger partial charge in [-0.3, -0.25) is 9.21 Å². The van der Waals surface area contributed by atoms with Gasteiger partial charge in [-0.1, -0.05) is 23.7 Å². The molecule has 1 saturated heterocycles. The van der Waals surface area contributed by atoms with Crippen molar-refractivity contribution in [2.75, 3.05) is 30.5 Å². The molecule has 0 amide bonds. The highest BCUT2D eigenvalue weighted by molar-refractivity contribution is 7.93. The number of anilines is 1. The lowest BCUT2D eigenvalue weighted by Crippen LogP contribution is -2.30. The lowest BCUT2D eigenvalue weighted by molar-refractivity contribution is 0.238. The molecule has 1 aliphatic rings. The van der Waals surface area contributed by atoms with Crippen molar-refractivity contribution in [3.05, 3.63) is 82.9 Å². The number of halogens is 1. The third-order valence-electron chi connectivity index (χ3n) is 5.87. The molecule has 1 heterocycles. The number of sulfonamides is 1. The van der Waals surface area contributed by atoms with E-state index in [1.165, 1.54) is 47.5 Å². The van der Waals surface area contributed by atoms with Crippen LogP contribution in [0.1, 0.15) is 24.0 Å². The maximum atomic E-state index is 13.7. The minimum absolute atomic E-state index is 0.0256. The van der Waals surface area contributed by atoms with E-state index in [1.54, 1.807) is 36.4 Å². The highest BCUT2D eigenvalue weighted by atomic mass is 35.5. The largest absolute Gasteiger partial charge is 0.508 e. The summed E-state index contributed by atoms with van der Waals surface area (Å²) in [6.45, 7) is 3.59. The lowest BCUT2D eigenvalue weighted by Gasteiger charge is -2.25. The summed E-state index contributed by atoms with van der Waals surface area (Å²) >= 11 is 6.27. The van der Waals surface area contributed by atoms with E-state index in [0.29, 0.717) is 23.6 Å². The first-order valence-electron chi connectivity index (χ1n) is 11.3. The zero-order valence-corrected chi connectivity index (χ0v) is 20.7. The molecule has 4 rings (SSSR count). The zero-order chi connectivity index (χ0) is 24.8. The molecule has 0 saturated carbocycles. The molecule has 0 aromatic heterocycles. The van der Waals surface area contributed by atoms with Crippen molar-refractivity contribution >= 4 is 27.3 Å². The molecule has 0 unspecified atom stereocenters. The zero-order valence-electron chi connectivity index (χ0n) is 19.1. The molecular formula is C26H26ClN3O4S. The molecule has 35 heavy (non-hydrogen) atoms. The van der Waals surface area contributed by atoms with Gasteiger partial charge in [0.2, 0.25) is 0 Å². The highest BCUT2D eigenvalue weighted by Gasteiger charge is 2.28. The van der Waals surface area contributed by atoms with E-state index < -0.39 is 10.0 Å². The van der Waals surface area contributed by atoms with Gasteiger partial charge in [-0.15, -0.1) is 0 Å². The van der Waals surface area contributed by atoms with Crippen LogP contribution < -0.4 is 9.04 Å². The summed E-state index contributed by atoms with van der Waals surface area (Å²) in [5.41, 5.74) is 1.29. The van der Waals surface area contributed by atoms with E-state index in [9.17, 15) is 13.5 Å². The van der Waals surface area contributed by atoms with Gasteiger partial charge in [-0.2, -0.15) is 5.26 Å². The van der Waals surface area contributed by atoms with Gasteiger partial charge in [-0.25, -0.2) is 8.42 Å². The summed E-state index contributed by atoms with van der Waals surface area (Å²) in [5.74, 6) is 0.692. The third-order valence-corrected chi connectivity index (χ3v) is 8.12. The van der Waals surface area contributed by atoms with E-state index in [-0.39, 0.29) is 27.8 Å². The molecule has 182 valence electrons. The number of ether oxygens (including phenoxy) is 1. The fourth-order valence-electron chi connectivity index (χ4n) is 4.04. The van der Waals surface area contributed by atoms with Crippen molar-refractivity contribution in [2.45, 2.75) is 24.3 Å². The molecule has 0 aliphatic carbocycles. The van der Waals surface area contributed by atoms with Gasteiger partial charge < -0.3 is 9.84 Å². The lowest BCUT2D eigenvalue weighted by atomic mass is 10.2. The number of nitriles is 1. The molecule has 9 heteroatoms. The van der Waals surface area contributed by atoms with E-state index in [1.807, 2.05) is 6.07 Å². The highest BCUT2D eigenvalue weighted by Crippen LogP contribution is 2.32. The van der Waals surface area contributed by atoms with E-state index in [2.05, 4.69) is 4.90 Å². The topological polar surface area (TPSA) is 93.9 Å². The molecule has 1 N–H and O–H groups in total. The van der Waals surface area contributed by atoms with E-state index in [0.717, 1.165) is 19.6 Å². The first-order chi connectivity index (χ1) is 16.9. The smallest absolute Gasteiger partial charge is 0.266 e. The number of rotatable bonds is 9. The Morgan fingerprint density at radius 3 is 2.46 bits per heavy atom. The standard InChI is InChI=1S/C26H26ClN3O4S/c27-25-17-20(18-28)6-11-26(25)35(32,33)30(19-21-4-3-5-23(31)16-21)22-7-9-24(10-8-22)34-15-14-29-12-1-2-13-29/h3-11,16-17,31H,1-2,12-15,19H2. The second-order valence-corrected chi connectivity index (χ2v) is 10.6. The normalized spacial score (nSPS) is 13.9. The molecule has 3 aromatic carbocycles. The average molecular weight is 512 g/mol. The second-order valence-electron chi connectivity index (χ2n) is 8.33. The molecule has 7 nitrogen and oxygen atoms in total. The number of aromatic hydroxyl groups is 1. The van der Waals surface area contributed by atoms with Gasteiger partial charge >= 0.3 is 0 Å². The van der Waals surface area contributed by atoms with Crippen LogP contribution in [0.25, 0.3) is 0 Å². The molecule has 3 aromatic rings. The van der Waals surface area contributed by atoms with Crippen LogP contribution in [0.3, 0.4) is 0 Å². The Labute approximate surface area is 210 Å². The summed E-state index contributed by atoms with van der Waals surface area (Å²) in [7, 11) is -4.10. The summed E-state index contributed by atoms with van der Waals surface area (Å²) in [5, 5.41) is 18.9. The van der Waals surface area contributed by atoms with E-state index >= 15 is 0 Å². The average Bonchev–Trinajstić information content (AvgIpc) is 3.36. The van der Waals surface area contributed by atoms with Crippen LogP contribution in [0.4, 0.5) is 5.69 Å². The number of phenolic OH excluding ortho intramolecular Hbond substituents is 1. The van der Waals surface area contributed by atoms with Gasteiger partial charge in [0, 0.05) is 6.54 Å². The monoisotopic (exact) mass is 511 g/mol. The summed E-state index contributed by atoms with van der Waals surface area (Å²) in [6, 6.07) is 19.3. The third kappa shape index (κ3) is 6.06. The van der Waals surface area contributed by atoms with Crippen LogP contribution in [0.15, 0.2) is 71.6 Å². The Bertz CT molecular complexity index is 1320. The van der Waals surface area contributed by atoms with Crippen molar-refractivity contribution < 1.29 is 18.3 Å². The maximum absolute atomic E-state index is 13.7. The van der Waals surface area contributed by atoms with Gasteiger partial charge in [0.15, 0.2) is 0 Å². The van der Waals surface area contributed by atoms with Crippen LogP contribution in [0.2, 0.25) is 5.02 Å². The van der Waals surface area contributed by atoms with Crippen molar-refractivity contribution in [2.24, 2.45) is 0 Å². The fraction of sp³-hybridized carbons (Fsp3) is 0.269. The Morgan fingerprint density at radius 2 is 1.80 bits per heavy atom. The quantitative estimate of drug-likeness (QED) is 0.444. The SMILES string of the molecule is N#Cc1ccc(S(=O)(=O)N(Cc2cccc(O)c2)c2ccc(OCCN3CCCC3)cc2)c(Cl)c1. The van der Waals surface area contributed by atoms with Crippen LogP contribution in [0.5, 0.6) is 11.5 Å². The molecule has 0 radical (unpaired) electrons. The summed E-state index contributed by atoms with van der Waals surface area (Å²) in [6.07, 6.45) is 2.45. The number of nitrogens with zero attached hydrogens (tertiary/aromatic N) is 3. The fourth-order valence-corrected chi connectivity index (χ4v) is 6.02. The summed E-state index contributed by atoms with van der Waals surface area (Å²) < 4.78 is 34.5. The maximum Gasteiger partial charge on any atom is 0.266 e. The number of phenols is 1. The Morgan fingerprint density at radius 1 is 1.06 bits per heavy atom. The Balaban J connectivity index is 1.61. The second kappa shape index (κ2) is 11.0. The minimum Gasteiger partial charge on any atom is -0.508 e. The van der Waals surface area contributed by atoms with Crippen molar-refractivity contribution in [3.63, 3.8) is 0 Å². The number of hydrogen-bond acceptors (Lipinski definition) is 6. The molecule has 0 spiro atoms. The van der Waals surface area contributed by atoms with Gasteiger partial charge in [0.1, 0.15) is 23.0 Å². The van der Waals surface area contributed by atoms with Crippen LogP contribution in [-0.2, 0) is 16.6 Å². The first kappa shape index (κ1) is 24.9. The van der Waals surface area contributed by atoms with Crippen LogP contribution >= 0.6 is 11.6 Å². The summed E-state index contributed by atoms with van der Waals surface area (Å²) in [4.78, 5) is 2.25. The predicted molar refractivity (Wildman–Crippen MR) is 135 cm³/mol. The number of likely N-dealkylation sites (tertiary alicyclic amines) is 1. The molecular weight excluding hydrogens is 486 g/mol. The van der Waals surface area contributed by atoms with Crippen molar-refractivity contribution in [1.29, 1.82) is 5.26 Å². The Hall–Kier alpha value is -3.25. The molecule has 0 atom stereocenters. The van der Waals surface area contributed by atoms with Crippen LogP contribution in [-0.4, -0.2) is 44.7 Å². The molecule has 0 bridgehead atoms. The van der Waals surface area contributed by atoms with Crippen molar-refractivity contribution in [1.82, 2.24) is 4.90 Å². The van der Waals surface area contributed by atoms with E-state index in [4.69, 9.17) is 21.6 Å². The predicted octanol–water partition coefficient (Wildman–Crippen LogP) is 4.79. The van der Waals surface area contributed by atoms with Gasteiger partial charge in [0.25, 0.3) is 10.0 Å². The number of benzene rings is 3. The van der Waals surface area contributed by atoms with Gasteiger partial charge in [0.05, 0.1) is 28.9 Å².